The van der Waals surface area contributed by atoms with Gasteiger partial charge in [-0.05, 0) is 18.9 Å². The first-order valence-electron chi connectivity index (χ1n) is 5.42. The second kappa shape index (κ2) is 3.53. The topological polar surface area (TPSA) is 55.8 Å². The molecule has 0 saturated heterocycles. The van der Waals surface area contributed by atoms with Gasteiger partial charge in [-0.2, -0.15) is 0 Å². The molecule has 4 nitrogen and oxygen atoms in total. The van der Waals surface area contributed by atoms with E-state index in [0.29, 0.717) is 16.5 Å². The van der Waals surface area contributed by atoms with Crippen LogP contribution >= 0.6 is 11.6 Å². The van der Waals surface area contributed by atoms with E-state index in [4.69, 9.17) is 26.2 Å². The van der Waals surface area contributed by atoms with Crippen LogP contribution in [0.5, 0.6) is 11.5 Å². The Hall–Kier alpha value is -1.42. The van der Waals surface area contributed by atoms with Crippen LogP contribution in [-0.2, 0) is 10.2 Å². The summed E-state index contributed by atoms with van der Waals surface area (Å²) in [6.07, 6.45) is 1.83. The van der Waals surface area contributed by atoms with Gasteiger partial charge in [-0.25, -0.2) is 0 Å². The normalized spacial score (nSPS) is 19.1. The number of rotatable bonds is 3. The van der Waals surface area contributed by atoms with E-state index in [-0.39, 0.29) is 18.6 Å². The molecule has 1 aliphatic carbocycles. The number of carbonyl (C=O) groups is 1. The molecule has 5 heteroatoms. The van der Waals surface area contributed by atoms with E-state index >= 15 is 0 Å². The molecule has 0 amide bonds. The minimum atomic E-state index is -0.796. The van der Waals surface area contributed by atoms with Crippen molar-refractivity contribution in [3.8, 4) is 11.5 Å². The van der Waals surface area contributed by atoms with E-state index < -0.39 is 5.97 Å². The molecule has 0 bridgehead atoms. The Balaban J connectivity index is 2.06. The van der Waals surface area contributed by atoms with Gasteiger partial charge in [0.15, 0.2) is 11.5 Å². The second-order valence-electron chi connectivity index (χ2n) is 4.54. The highest BCUT2D eigenvalue weighted by atomic mass is 35.5. The molecule has 1 fully saturated rings. The Bertz CT molecular complexity index is 494. The van der Waals surface area contributed by atoms with Crippen molar-refractivity contribution in [3.63, 3.8) is 0 Å². The molecule has 1 aliphatic heterocycles. The van der Waals surface area contributed by atoms with Crippen molar-refractivity contribution < 1.29 is 19.4 Å². The Labute approximate surface area is 103 Å². The third kappa shape index (κ3) is 1.72. The molecule has 1 aromatic carbocycles. The second-order valence-corrected chi connectivity index (χ2v) is 4.97. The Morgan fingerprint density at radius 3 is 2.82 bits per heavy atom. The van der Waals surface area contributed by atoms with Gasteiger partial charge in [0, 0.05) is 22.1 Å². The fourth-order valence-corrected chi connectivity index (χ4v) is 2.56. The number of fused-ring (bicyclic) bond motifs is 1. The molecule has 2 aliphatic rings. The summed E-state index contributed by atoms with van der Waals surface area (Å²) in [5, 5.41) is 9.52. The lowest BCUT2D eigenvalue weighted by atomic mass is 9.91. The maximum atomic E-state index is 10.9. The number of ether oxygens (including phenoxy) is 2. The molecule has 90 valence electrons. The zero-order valence-corrected chi connectivity index (χ0v) is 9.79. The van der Waals surface area contributed by atoms with Gasteiger partial charge in [-0.15, -0.1) is 0 Å². The van der Waals surface area contributed by atoms with Gasteiger partial charge in [-0.1, -0.05) is 11.6 Å². The SMILES string of the molecule is O=C(O)CC1(c2cc(Cl)cc3c2OCO3)CC1. The smallest absolute Gasteiger partial charge is 0.304 e. The number of aliphatic carboxylic acids is 1. The van der Waals surface area contributed by atoms with E-state index in [1.165, 1.54) is 0 Å². The molecule has 17 heavy (non-hydrogen) atoms. The molecule has 1 N–H and O–H groups in total. The molecule has 1 aromatic rings. The van der Waals surface area contributed by atoms with Crippen molar-refractivity contribution in [2.45, 2.75) is 24.7 Å². The third-order valence-corrected chi connectivity index (χ3v) is 3.57. The van der Waals surface area contributed by atoms with Crippen LogP contribution in [0.2, 0.25) is 5.02 Å². The third-order valence-electron chi connectivity index (χ3n) is 3.35. The lowest BCUT2D eigenvalue weighted by Crippen LogP contribution is -2.13. The first kappa shape index (κ1) is 10.7. The summed E-state index contributed by atoms with van der Waals surface area (Å²) in [5.74, 6) is 0.479. The van der Waals surface area contributed by atoms with Gasteiger partial charge in [0.1, 0.15) is 0 Å². The standard InChI is InChI=1S/C12H11ClO4/c13-7-3-8(11-9(4-7)16-6-17-11)12(1-2-12)5-10(14)15/h3-4H,1-2,5-6H2,(H,14,15). The number of halogens is 1. The van der Waals surface area contributed by atoms with Crippen molar-refractivity contribution >= 4 is 17.6 Å². The van der Waals surface area contributed by atoms with Crippen LogP contribution in [0.1, 0.15) is 24.8 Å². The van der Waals surface area contributed by atoms with E-state index in [1.807, 2.05) is 0 Å². The summed E-state index contributed by atoms with van der Waals surface area (Å²) in [5.41, 5.74) is 0.564. The number of carboxylic acid groups (broad SMARTS) is 1. The average Bonchev–Trinajstić information content (AvgIpc) is 2.87. The molecule has 0 spiro atoms. The maximum absolute atomic E-state index is 10.9. The zero-order chi connectivity index (χ0) is 12.0. The van der Waals surface area contributed by atoms with Crippen LogP contribution in [0.15, 0.2) is 12.1 Å². The first-order chi connectivity index (χ1) is 8.11. The summed E-state index contributed by atoms with van der Waals surface area (Å²) in [4.78, 5) is 10.9. The molecule has 0 atom stereocenters. The van der Waals surface area contributed by atoms with Gasteiger partial charge in [0.25, 0.3) is 0 Å². The summed E-state index contributed by atoms with van der Waals surface area (Å²) in [7, 11) is 0. The highest BCUT2D eigenvalue weighted by molar-refractivity contribution is 6.30. The lowest BCUT2D eigenvalue weighted by Gasteiger charge is -2.15. The molecule has 3 rings (SSSR count). The molecule has 0 radical (unpaired) electrons. The van der Waals surface area contributed by atoms with E-state index in [9.17, 15) is 4.79 Å². The van der Waals surface area contributed by atoms with Crippen LogP contribution < -0.4 is 9.47 Å². The van der Waals surface area contributed by atoms with E-state index in [2.05, 4.69) is 0 Å². The Kier molecular flexibility index (Phi) is 2.23. The monoisotopic (exact) mass is 254 g/mol. The molecule has 1 saturated carbocycles. The van der Waals surface area contributed by atoms with Crippen LogP contribution in [0.3, 0.4) is 0 Å². The minimum Gasteiger partial charge on any atom is -0.481 e. The van der Waals surface area contributed by atoms with Gasteiger partial charge < -0.3 is 14.6 Å². The highest BCUT2D eigenvalue weighted by Gasteiger charge is 2.49. The van der Waals surface area contributed by atoms with Crippen molar-refractivity contribution in [2.75, 3.05) is 6.79 Å². The zero-order valence-electron chi connectivity index (χ0n) is 9.03. The van der Waals surface area contributed by atoms with Crippen LogP contribution in [0.25, 0.3) is 0 Å². The fraction of sp³-hybridized carbons (Fsp3) is 0.417. The van der Waals surface area contributed by atoms with Gasteiger partial charge >= 0.3 is 5.97 Å². The number of hydrogen-bond acceptors (Lipinski definition) is 3. The Morgan fingerprint density at radius 1 is 1.41 bits per heavy atom. The van der Waals surface area contributed by atoms with Gasteiger partial charge in [0.2, 0.25) is 6.79 Å². The van der Waals surface area contributed by atoms with Crippen molar-refractivity contribution in [1.29, 1.82) is 0 Å². The van der Waals surface area contributed by atoms with Gasteiger partial charge in [0.05, 0.1) is 6.42 Å². The van der Waals surface area contributed by atoms with Crippen molar-refractivity contribution in [1.82, 2.24) is 0 Å². The fourth-order valence-electron chi connectivity index (χ4n) is 2.35. The maximum Gasteiger partial charge on any atom is 0.304 e. The van der Waals surface area contributed by atoms with E-state index in [0.717, 1.165) is 18.4 Å². The predicted molar refractivity (Wildman–Crippen MR) is 60.7 cm³/mol. The largest absolute Gasteiger partial charge is 0.481 e. The average molecular weight is 255 g/mol. The van der Waals surface area contributed by atoms with Crippen molar-refractivity contribution in [3.05, 3.63) is 22.7 Å². The summed E-state index contributed by atoms with van der Waals surface area (Å²) in [6, 6.07) is 3.50. The molecular formula is C12H11ClO4. The van der Waals surface area contributed by atoms with Crippen molar-refractivity contribution in [2.24, 2.45) is 0 Å². The van der Waals surface area contributed by atoms with E-state index in [1.54, 1.807) is 12.1 Å². The number of carboxylic acids is 1. The summed E-state index contributed by atoms with van der Waals surface area (Å²) >= 11 is 6.02. The first-order valence-corrected chi connectivity index (χ1v) is 5.80. The quantitative estimate of drug-likeness (QED) is 0.901. The minimum absolute atomic E-state index is 0.114. The van der Waals surface area contributed by atoms with Gasteiger partial charge in [-0.3, -0.25) is 4.79 Å². The Morgan fingerprint density at radius 2 is 2.18 bits per heavy atom. The van der Waals surface area contributed by atoms with Crippen LogP contribution in [0.4, 0.5) is 0 Å². The lowest BCUT2D eigenvalue weighted by molar-refractivity contribution is -0.137. The highest BCUT2D eigenvalue weighted by Crippen LogP contribution is 2.57. The summed E-state index contributed by atoms with van der Waals surface area (Å²) in [6.45, 7) is 0.172. The molecule has 0 aromatic heterocycles. The number of hydrogen-bond donors (Lipinski definition) is 1. The molecule has 1 heterocycles. The molecular weight excluding hydrogens is 244 g/mol. The van der Waals surface area contributed by atoms with Crippen LogP contribution in [0, 0.1) is 0 Å². The summed E-state index contributed by atoms with van der Waals surface area (Å²) < 4.78 is 10.7. The molecule has 0 unspecified atom stereocenters. The predicted octanol–water partition coefficient (Wildman–Crippen LogP) is 2.58. The number of benzene rings is 1. The van der Waals surface area contributed by atoms with Crippen LogP contribution in [-0.4, -0.2) is 17.9 Å².